The lowest BCUT2D eigenvalue weighted by Crippen LogP contribution is -2.43. The molecule has 0 saturated carbocycles. The van der Waals surface area contributed by atoms with E-state index in [1.807, 2.05) is 43.3 Å². The van der Waals surface area contributed by atoms with E-state index in [-0.39, 0.29) is 11.8 Å². The Morgan fingerprint density at radius 2 is 1.74 bits per heavy atom. The molecular weight excluding hydrogens is 464 g/mol. The van der Waals surface area contributed by atoms with Gasteiger partial charge in [-0.1, -0.05) is 48.0 Å². The number of para-hydroxylation sites is 1. The molecule has 6 nitrogen and oxygen atoms in total. The summed E-state index contributed by atoms with van der Waals surface area (Å²) < 4.78 is 12.4. The van der Waals surface area contributed by atoms with Gasteiger partial charge in [-0.3, -0.25) is 9.59 Å². The Morgan fingerprint density at radius 1 is 1.03 bits per heavy atom. The topological polar surface area (TPSA) is 79.6 Å². The van der Waals surface area contributed by atoms with E-state index >= 15 is 0 Å². The Hall–Kier alpha value is -3.40. The highest BCUT2D eigenvalue weighted by Gasteiger charge is 2.73. The summed E-state index contributed by atoms with van der Waals surface area (Å²) in [6.45, 7) is 2.27. The van der Waals surface area contributed by atoms with Crippen LogP contribution in [0, 0.1) is 23.2 Å². The fraction of sp³-hybridized carbons (Fsp3) is 0.321. The van der Waals surface area contributed by atoms with Crippen molar-refractivity contribution in [3.8, 4) is 11.8 Å². The fourth-order valence-corrected chi connectivity index (χ4v) is 6.51. The molecule has 2 amide bonds. The molecule has 4 atom stereocenters. The number of hydrogen-bond donors (Lipinski definition) is 0. The summed E-state index contributed by atoms with van der Waals surface area (Å²) in [6.07, 6.45) is 1.88. The van der Waals surface area contributed by atoms with Crippen molar-refractivity contribution in [2.75, 3.05) is 11.5 Å². The first-order valence-electron chi connectivity index (χ1n) is 11.8. The second-order valence-corrected chi connectivity index (χ2v) is 10.2. The van der Waals surface area contributed by atoms with Crippen molar-refractivity contribution in [2.45, 2.75) is 37.4 Å². The Balaban J connectivity index is 1.35. The summed E-state index contributed by atoms with van der Waals surface area (Å²) >= 11 is 6.22. The van der Waals surface area contributed by atoms with Crippen LogP contribution in [0.5, 0.6) is 5.75 Å². The first kappa shape index (κ1) is 22.1. The highest BCUT2D eigenvalue weighted by atomic mass is 35.5. The van der Waals surface area contributed by atoms with Gasteiger partial charge in [-0.05, 0) is 44.0 Å². The minimum absolute atomic E-state index is 0.231. The second kappa shape index (κ2) is 7.81. The van der Waals surface area contributed by atoms with Crippen LogP contribution in [-0.4, -0.2) is 29.6 Å². The number of anilines is 1. The number of fused-ring (bicyclic) bond motifs is 6. The number of benzene rings is 3. The molecule has 0 radical (unpaired) electrons. The van der Waals surface area contributed by atoms with Gasteiger partial charge >= 0.3 is 0 Å². The van der Waals surface area contributed by atoms with Crippen molar-refractivity contribution in [3.05, 3.63) is 71.2 Å². The monoisotopic (exact) mass is 486 g/mol. The van der Waals surface area contributed by atoms with Gasteiger partial charge in [-0.2, -0.15) is 5.26 Å². The number of hydrogen-bond acceptors (Lipinski definition) is 5. The van der Waals surface area contributed by atoms with Crippen LogP contribution in [0.25, 0.3) is 10.8 Å². The summed E-state index contributed by atoms with van der Waals surface area (Å²) in [6, 6.07) is 20.2. The standard InChI is InChI=1S/C28H23ClN2O4/c1-27-12-13-28(35-27,14-15-34-22-9-5-4-8-20(22)29)24-23(27)25(32)31(26(24)33)21-11-10-17(16-30)18-6-2-3-7-19(18)21/h2-11,23-24H,12-15H2,1H3/t23-,24+,27-,28-/m0/s1. The number of amides is 2. The first-order chi connectivity index (χ1) is 16.9. The SMILES string of the molecule is C[C@@]12CC[C@@](CCOc3ccccc3Cl)(O1)[C@H]1C(=O)N(c3ccc(C#N)c4ccccc34)C(=O)[C@H]12. The van der Waals surface area contributed by atoms with Crippen molar-refractivity contribution in [3.63, 3.8) is 0 Å². The third kappa shape index (κ3) is 3.12. The van der Waals surface area contributed by atoms with E-state index in [1.54, 1.807) is 24.3 Å². The number of rotatable bonds is 5. The van der Waals surface area contributed by atoms with Crippen LogP contribution in [0.1, 0.15) is 31.7 Å². The number of ether oxygens (including phenoxy) is 2. The summed E-state index contributed by atoms with van der Waals surface area (Å²) in [4.78, 5) is 29.0. The molecule has 35 heavy (non-hydrogen) atoms. The zero-order valence-electron chi connectivity index (χ0n) is 19.2. The number of halogens is 1. The fourth-order valence-electron chi connectivity index (χ4n) is 6.32. The predicted molar refractivity (Wildman–Crippen MR) is 131 cm³/mol. The van der Waals surface area contributed by atoms with E-state index in [1.165, 1.54) is 4.90 Å². The van der Waals surface area contributed by atoms with Crippen LogP contribution >= 0.6 is 11.6 Å². The van der Waals surface area contributed by atoms with Gasteiger partial charge in [0.2, 0.25) is 11.8 Å². The molecule has 6 rings (SSSR count). The van der Waals surface area contributed by atoms with Crippen LogP contribution in [-0.2, 0) is 14.3 Å². The molecule has 3 aromatic rings. The largest absolute Gasteiger partial charge is 0.492 e. The van der Waals surface area contributed by atoms with Gasteiger partial charge in [0.25, 0.3) is 0 Å². The molecule has 3 aliphatic rings. The van der Waals surface area contributed by atoms with Crippen molar-refractivity contribution >= 4 is 39.9 Å². The molecule has 7 heteroatoms. The smallest absolute Gasteiger partial charge is 0.240 e. The number of nitrogens with zero attached hydrogens (tertiary/aromatic N) is 2. The molecule has 0 unspecified atom stereocenters. The molecule has 3 heterocycles. The van der Waals surface area contributed by atoms with E-state index in [0.29, 0.717) is 53.3 Å². The lowest BCUT2D eigenvalue weighted by molar-refractivity contribution is -0.131. The molecule has 3 saturated heterocycles. The predicted octanol–water partition coefficient (Wildman–Crippen LogP) is 5.26. The Labute approximate surface area is 208 Å². The number of imide groups is 1. The molecule has 2 bridgehead atoms. The number of carbonyl (C=O) groups is 2. The molecule has 0 N–H and O–H groups in total. The summed E-state index contributed by atoms with van der Waals surface area (Å²) in [5.74, 6) is -1.00. The Morgan fingerprint density at radius 3 is 2.51 bits per heavy atom. The van der Waals surface area contributed by atoms with E-state index in [0.717, 1.165) is 5.39 Å². The van der Waals surface area contributed by atoms with Crippen LogP contribution in [0.4, 0.5) is 5.69 Å². The molecule has 3 fully saturated rings. The number of carbonyl (C=O) groups excluding carboxylic acids is 2. The van der Waals surface area contributed by atoms with Gasteiger partial charge in [0, 0.05) is 17.2 Å². The minimum Gasteiger partial charge on any atom is -0.492 e. The van der Waals surface area contributed by atoms with Crippen LogP contribution in [0.15, 0.2) is 60.7 Å². The molecule has 3 aromatic carbocycles. The summed E-state index contributed by atoms with van der Waals surface area (Å²) in [7, 11) is 0. The van der Waals surface area contributed by atoms with E-state index < -0.39 is 23.0 Å². The molecule has 0 aromatic heterocycles. The maximum Gasteiger partial charge on any atom is 0.240 e. The highest BCUT2D eigenvalue weighted by Crippen LogP contribution is 2.62. The van der Waals surface area contributed by atoms with Gasteiger partial charge in [0.1, 0.15) is 5.75 Å². The van der Waals surface area contributed by atoms with Gasteiger partial charge in [0.15, 0.2) is 0 Å². The van der Waals surface area contributed by atoms with E-state index in [4.69, 9.17) is 21.1 Å². The molecule has 176 valence electrons. The van der Waals surface area contributed by atoms with Gasteiger partial charge in [0.05, 0.1) is 52.0 Å². The first-order valence-corrected chi connectivity index (χ1v) is 12.1. The van der Waals surface area contributed by atoms with Crippen molar-refractivity contribution in [1.29, 1.82) is 5.26 Å². The second-order valence-electron chi connectivity index (χ2n) is 9.77. The van der Waals surface area contributed by atoms with Gasteiger partial charge < -0.3 is 9.47 Å². The lowest BCUT2D eigenvalue weighted by Gasteiger charge is -2.31. The average Bonchev–Trinajstić information content (AvgIpc) is 3.44. The Kier molecular flexibility index (Phi) is 4.93. The van der Waals surface area contributed by atoms with Crippen molar-refractivity contribution < 1.29 is 19.1 Å². The zero-order valence-corrected chi connectivity index (χ0v) is 19.9. The number of nitriles is 1. The van der Waals surface area contributed by atoms with Crippen molar-refractivity contribution in [1.82, 2.24) is 0 Å². The van der Waals surface area contributed by atoms with Crippen LogP contribution < -0.4 is 9.64 Å². The van der Waals surface area contributed by atoms with Gasteiger partial charge in [-0.15, -0.1) is 0 Å². The molecule has 0 spiro atoms. The normalized spacial score (nSPS) is 29.0. The molecule has 0 aliphatic carbocycles. The highest BCUT2D eigenvalue weighted by molar-refractivity contribution is 6.32. The van der Waals surface area contributed by atoms with E-state index in [2.05, 4.69) is 6.07 Å². The average molecular weight is 487 g/mol. The molecule has 3 aliphatic heterocycles. The van der Waals surface area contributed by atoms with Crippen LogP contribution in [0.3, 0.4) is 0 Å². The zero-order chi connectivity index (χ0) is 24.4. The minimum atomic E-state index is -0.759. The summed E-state index contributed by atoms with van der Waals surface area (Å²) in [5, 5.41) is 11.5. The summed E-state index contributed by atoms with van der Waals surface area (Å²) in [5.41, 5.74) is -0.426. The quantitative estimate of drug-likeness (QED) is 0.459. The van der Waals surface area contributed by atoms with E-state index in [9.17, 15) is 14.9 Å². The molecular formula is C28H23ClN2O4. The third-order valence-electron chi connectivity index (χ3n) is 7.89. The maximum atomic E-state index is 13.9. The third-order valence-corrected chi connectivity index (χ3v) is 8.21. The Bertz CT molecular complexity index is 1430. The van der Waals surface area contributed by atoms with Crippen molar-refractivity contribution in [2.24, 2.45) is 11.8 Å². The van der Waals surface area contributed by atoms with Crippen LogP contribution in [0.2, 0.25) is 5.02 Å². The lowest BCUT2D eigenvalue weighted by atomic mass is 9.67. The maximum absolute atomic E-state index is 13.9. The van der Waals surface area contributed by atoms with Gasteiger partial charge in [-0.25, -0.2) is 4.90 Å².